The number of methoxy groups -OCH3 is 2. The molecule has 4 rings (SSSR count). The summed E-state index contributed by atoms with van der Waals surface area (Å²) in [6, 6.07) is 10.9. The Balaban J connectivity index is 1.60. The third-order valence-corrected chi connectivity index (χ3v) is 5.20. The van der Waals surface area contributed by atoms with E-state index in [0.29, 0.717) is 43.4 Å². The molecule has 0 bridgehead atoms. The number of pyridine rings is 1. The van der Waals surface area contributed by atoms with E-state index in [2.05, 4.69) is 25.2 Å². The van der Waals surface area contributed by atoms with Gasteiger partial charge in [-0.2, -0.15) is 0 Å². The molecule has 0 radical (unpaired) electrons. The van der Waals surface area contributed by atoms with Crippen LogP contribution in [0.5, 0.6) is 11.5 Å². The van der Waals surface area contributed by atoms with Crippen molar-refractivity contribution in [3.8, 4) is 11.5 Å². The standard InChI is InChI=1S/C21H23N7O4/c1-31-15-6-7-17(32-2)16(13-15)25-20-19(28(29)30)21(24-14-23-20)27-11-9-26(10-12-27)18-5-3-4-8-22-18/h3-8,13-14H,9-12H2,1-2H3,(H,23,24,25). The normalized spacial score (nSPS) is 13.6. The van der Waals surface area contributed by atoms with Crippen LogP contribution in [0.15, 0.2) is 48.9 Å². The van der Waals surface area contributed by atoms with Crippen molar-refractivity contribution in [2.24, 2.45) is 0 Å². The van der Waals surface area contributed by atoms with Gasteiger partial charge >= 0.3 is 5.69 Å². The largest absolute Gasteiger partial charge is 0.497 e. The minimum absolute atomic E-state index is 0.0821. The minimum atomic E-state index is -0.463. The molecule has 0 aliphatic carbocycles. The lowest BCUT2D eigenvalue weighted by Crippen LogP contribution is -2.47. The summed E-state index contributed by atoms with van der Waals surface area (Å²) in [4.78, 5) is 28.4. The van der Waals surface area contributed by atoms with Gasteiger partial charge in [0.2, 0.25) is 11.6 Å². The molecule has 0 saturated carbocycles. The molecule has 2 aromatic heterocycles. The highest BCUT2D eigenvalue weighted by Gasteiger charge is 2.30. The monoisotopic (exact) mass is 437 g/mol. The first-order valence-corrected chi connectivity index (χ1v) is 10.00. The molecule has 1 saturated heterocycles. The molecular weight excluding hydrogens is 414 g/mol. The third-order valence-electron chi connectivity index (χ3n) is 5.20. The predicted molar refractivity (Wildman–Crippen MR) is 120 cm³/mol. The second-order valence-corrected chi connectivity index (χ2v) is 7.00. The zero-order valence-electron chi connectivity index (χ0n) is 17.8. The van der Waals surface area contributed by atoms with Crippen molar-refractivity contribution in [3.63, 3.8) is 0 Å². The Hall–Kier alpha value is -4.15. The van der Waals surface area contributed by atoms with E-state index >= 15 is 0 Å². The molecule has 1 N–H and O–H groups in total. The number of hydrogen-bond donors (Lipinski definition) is 1. The van der Waals surface area contributed by atoms with Crippen molar-refractivity contribution in [2.75, 3.05) is 55.5 Å². The SMILES string of the molecule is COc1ccc(OC)c(Nc2ncnc(N3CCN(c4ccccn4)CC3)c2[N+](=O)[O-])c1. The fourth-order valence-corrected chi connectivity index (χ4v) is 3.59. The summed E-state index contributed by atoms with van der Waals surface area (Å²) in [5.74, 6) is 2.32. The van der Waals surface area contributed by atoms with Crippen molar-refractivity contribution in [1.82, 2.24) is 15.0 Å². The number of piperazine rings is 1. The third kappa shape index (κ3) is 4.31. The van der Waals surface area contributed by atoms with Gasteiger partial charge in [-0.15, -0.1) is 0 Å². The molecule has 1 aromatic carbocycles. The molecule has 1 aliphatic rings. The number of rotatable bonds is 7. The molecule has 1 fully saturated rings. The van der Waals surface area contributed by atoms with Crippen LogP contribution >= 0.6 is 0 Å². The van der Waals surface area contributed by atoms with Gasteiger partial charge in [-0.1, -0.05) is 6.07 Å². The van der Waals surface area contributed by atoms with Crippen LogP contribution in [0.25, 0.3) is 0 Å². The van der Waals surface area contributed by atoms with Gasteiger partial charge in [0.25, 0.3) is 0 Å². The Bertz CT molecular complexity index is 1090. The van der Waals surface area contributed by atoms with Gasteiger partial charge in [-0.3, -0.25) is 10.1 Å². The number of nitrogens with zero attached hydrogens (tertiary/aromatic N) is 6. The smallest absolute Gasteiger partial charge is 0.353 e. The number of anilines is 4. The number of hydrogen-bond acceptors (Lipinski definition) is 10. The lowest BCUT2D eigenvalue weighted by atomic mass is 10.2. The van der Waals surface area contributed by atoms with Gasteiger partial charge in [-0.25, -0.2) is 15.0 Å². The highest BCUT2D eigenvalue weighted by Crippen LogP contribution is 2.37. The molecule has 11 heteroatoms. The summed E-state index contributed by atoms with van der Waals surface area (Å²) in [5.41, 5.74) is 0.309. The topological polar surface area (TPSA) is 119 Å². The highest BCUT2D eigenvalue weighted by molar-refractivity contribution is 5.77. The number of benzene rings is 1. The Labute approximate surface area is 184 Å². The lowest BCUT2D eigenvalue weighted by molar-refractivity contribution is -0.383. The fourth-order valence-electron chi connectivity index (χ4n) is 3.59. The van der Waals surface area contributed by atoms with Gasteiger partial charge in [0, 0.05) is 38.4 Å². The minimum Gasteiger partial charge on any atom is -0.497 e. The van der Waals surface area contributed by atoms with Crippen LogP contribution in [-0.4, -0.2) is 60.3 Å². The van der Waals surface area contributed by atoms with Crippen molar-refractivity contribution in [3.05, 3.63) is 59.0 Å². The number of nitrogens with one attached hydrogen (secondary N) is 1. The fraction of sp³-hybridized carbons (Fsp3) is 0.286. The Kier molecular flexibility index (Phi) is 6.15. The van der Waals surface area contributed by atoms with Gasteiger partial charge in [-0.05, 0) is 24.3 Å². The summed E-state index contributed by atoms with van der Waals surface area (Å²) in [7, 11) is 3.06. The van der Waals surface area contributed by atoms with Crippen molar-refractivity contribution in [1.29, 1.82) is 0 Å². The van der Waals surface area contributed by atoms with Gasteiger partial charge in [0.15, 0.2) is 0 Å². The quantitative estimate of drug-likeness (QED) is 0.436. The molecule has 1 aliphatic heterocycles. The van der Waals surface area contributed by atoms with Crippen molar-refractivity contribution >= 4 is 28.8 Å². The first kappa shape index (κ1) is 21.1. The summed E-state index contributed by atoms with van der Waals surface area (Å²) < 4.78 is 10.6. The van der Waals surface area contributed by atoms with E-state index in [1.807, 2.05) is 23.1 Å². The van der Waals surface area contributed by atoms with Gasteiger partial charge < -0.3 is 24.6 Å². The van der Waals surface area contributed by atoms with E-state index in [4.69, 9.17) is 9.47 Å². The molecule has 0 spiro atoms. The van der Waals surface area contributed by atoms with E-state index in [1.165, 1.54) is 13.4 Å². The number of ether oxygens (including phenoxy) is 2. The molecule has 0 unspecified atom stereocenters. The van der Waals surface area contributed by atoms with Crippen molar-refractivity contribution in [2.45, 2.75) is 0 Å². The summed E-state index contributed by atoms with van der Waals surface area (Å²) in [5, 5.41) is 15.0. The highest BCUT2D eigenvalue weighted by atomic mass is 16.6. The molecule has 11 nitrogen and oxygen atoms in total. The predicted octanol–water partition coefficient (Wildman–Crippen LogP) is 2.87. The van der Waals surface area contributed by atoms with Gasteiger partial charge in [0.1, 0.15) is 23.6 Å². The molecule has 0 atom stereocenters. The van der Waals surface area contributed by atoms with Crippen LogP contribution in [0.2, 0.25) is 0 Å². The van der Waals surface area contributed by atoms with E-state index in [0.717, 1.165) is 5.82 Å². The summed E-state index contributed by atoms with van der Waals surface area (Å²) in [6.07, 6.45) is 3.07. The molecule has 3 heterocycles. The molecule has 166 valence electrons. The Morgan fingerprint density at radius 3 is 2.44 bits per heavy atom. The maximum atomic E-state index is 12.0. The van der Waals surface area contributed by atoms with Crippen LogP contribution in [0.3, 0.4) is 0 Å². The maximum Gasteiger partial charge on any atom is 0.353 e. The van der Waals surface area contributed by atoms with E-state index < -0.39 is 4.92 Å². The summed E-state index contributed by atoms with van der Waals surface area (Å²) in [6.45, 7) is 2.47. The van der Waals surface area contributed by atoms with E-state index in [9.17, 15) is 10.1 Å². The number of nitro groups is 1. The molecule has 32 heavy (non-hydrogen) atoms. The summed E-state index contributed by atoms with van der Waals surface area (Å²) >= 11 is 0. The second kappa shape index (κ2) is 9.33. The Morgan fingerprint density at radius 1 is 1.00 bits per heavy atom. The van der Waals surface area contributed by atoms with Crippen LogP contribution in [0.4, 0.5) is 28.8 Å². The zero-order valence-corrected chi connectivity index (χ0v) is 17.8. The average Bonchev–Trinajstić information content (AvgIpc) is 2.84. The van der Waals surface area contributed by atoms with E-state index in [-0.39, 0.29) is 17.3 Å². The first-order chi connectivity index (χ1) is 15.6. The molecular formula is C21H23N7O4. The number of aromatic nitrogens is 3. The Morgan fingerprint density at radius 2 is 1.78 bits per heavy atom. The van der Waals surface area contributed by atoms with E-state index in [1.54, 1.807) is 31.5 Å². The maximum absolute atomic E-state index is 12.0. The average molecular weight is 437 g/mol. The lowest BCUT2D eigenvalue weighted by Gasteiger charge is -2.35. The van der Waals surface area contributed by atoms with Crippen LogP contribution in [0.1, 0.15) is 0 Å². The van der Waals surface area contributed by atoms with Gasteiger partial charge in [0.05, 0.1) is 24.8 Å². The van der Waals surface area contributed by atoms with Crippen LogP contribution < -0.4 is 24.6 Å². The molecule has 0 amide bonds. The molecule has 3 aromatic rings. The van der Waals surface area contributed by atoms with Crippen LogP contribution in [0, 0.1) is 10.1 Å². The van der Waals surface area contributed by atoms with Crippen molar-refractivity contribution < 1.29 is 14.4 Å². The van der Waals surface area contributed by atoms with Crippen LogP contribution in [-0.2, 0) is 0 Å². The first-order valence-electron chi connectivity index (χ1n) is 10.00. The second-order valence-electron chi connectivity index (χ2n) is 7.00. The zero-order chi connectivity index (χ0) is 22.5.